The van der Waals surface area contributed by atoms with Gasteiger partial charge in [0.15, 0.2) is 5.65 Å². The zero-order valence-corrected chi connectivity index (χ0v) is 15.8. The molecular formula is C18H16ClN7O2. The molecule has 0 spiro atoms. The highest BCUT2D eigenvalue weighted by atomic mass is 35.5. The van der Waals surface area contributed by atoms with Crippen LogP contribution >= 0.6 is 11.6 Å². The van der Waals surface area contributed by atoms with Crippen molar-refractivity contribution < 1.29 is 0 Å². The van der Waals surface area contributed by atoms with Gasteiger partial charge in [-0.3, -0.25) is 14.2 Å². The maximum atomic E-state index is 12.7. The Hall–Kier alpha value is -3.25. The number of pyridine rings is 1. The number of hydrogen-bond acceptors (Lipinski definition) is 7. The van der Waals surface area contributed by atoms with Gasteiger partial charge in [0.2, 0.25) is 5.95 Å². The Morgan fingerprint density at radius 2 is 1.82 bits per heavy atom. The summed E-state index contributed by atoms with van der Waals surface area (Å²) in [5.74, 6) is 0.541. The summed E-state index contributed by atoms with van der Waals surface area (Å²) in [6.07, 6.45) is 4.22. The second kappa shape index (κ2) is 7.05. The SMILES string of the molecule is Cn1c(=O)c(=O)n(C2CCN(c3ncc(C#N)cn3)CC2)c2nc(Cl)ccc21. The van der Waals surface area contributed by atoms with Crippen molar-refractivity contribution >= 4 is 28.7 Å². The highest BCUT2D eigenvalue weighted by molar-refractivity contribution is 6.29. The van der Waals surface area contributed by atoms with Gasteiger partial charge in [0.05, 0.1) is 23.5 Å². The maximum Gasteiger partial charge on any atom is 0.318 e. The van der Waals surface area contributed by atoms with Gasteiger partial charge in [0.25, 0.3) is 0 Å². The zero-order valence-electron chi connectivity index (χ0n) is 15.0. The summed E-state index contributed by atoms with van der Waals surface area (Å²) in [5.41, 5.74) is 0.187. The molecule has 0 bridgehead atoms. The standard InChI is InChI=1S/C18H16ClN7O2/c1-24-13-2-3-14(19)23-15(13)26(17(28)16(24)27)12-4-6-25(7-5-12)18-21-9-11(8-20)10-22-18/h2-3,9-10,12H,4-7H2,1H3. The number of anilines is 1. The van der Waals surface area contributed by atoms with E-state index in [1.165, 1.54) is 21.5 Å². The first kappa shape index (κ1) is 18.1. The molecule has 1 saturated heterocycles. The lowest BCUT2D eigenvalue weighted by Gasteiger charge is -2.33. The van der Waals surface area contributed by atoms with Crippen LogP contribution < -0.4 is 16.0 Å². The number of aromatic nitrogens is 5. The van der Waals surface area contributed by atoms with E-state index in [1.807, 2.05) is 11.0 Å². The maximum absolute atomic E-state index is 12.7. The smallest absolute Gasteiger partial charge is 0.318 e. The van der Waals surface area contributed by atoms with Crippen molar-refractivity contribution in [3.63, 3.8) is 0 Å². The molecule has 0 aromatic carbocycles. The number of rotatable bonds is 2. The summed E-state index contributed by atoms with van der Waals surface area (Å²) in [7, 11) is 1.55. The van der Waals surface area contributed by atoms with E-state index in [0.717, 1.165) is 0 Å². The molecule has 0 unspecified atom stereocenters. The molecule has 4 rings (SSSR count). The van der Waals surface area contributed by atoms with Crippen LogP contribution in [-0.2, 0) is 7.05 Å². The van der Waals surface area contributed by atoms with Crippen LogP contribution in [0.2, 0.25) is 5.15 Å². The molecular weight excluding hydrogens is 382 g/mol. The lowest BCUT2D eigenvalue weighted by atomic mass is 10.0. The quantitative estimate of drug-likeness (QED) is 0.472. The second-order valence-corrected chi connectivity index (χ2v) is 7.01. The van der Waals surface area contributed by atoms with Crippen LogP contribution in [0, 0.1) is 11.3 Å². The number of nitriles is 1. The Morgan fingerprint density at radius 1 is 1.14 bits per heavy atom. The summed E-state index contributed by atoms with van der Waals surface area (Å²) in [4.78, 5) is 39.8. The van der Waals surface area contributed by atoms with Gasteiger partial charge in [0, 0.05) is 26.2 Å². The zero-order chi connectivity index (χ0) is 19.8. The van der Waals surface area contributed by atoms with Crippen LogP contribution in [0.3, 0.4) is 0 Å². The minimum atomic E-state index is -0.599. The minimum Gasteiger partial charge on any atom is -0.341 e. The van der Waals surface area contributed by atoms with Gasteiger partial charge in [0.1, 0.15) is 11.2 Å². The number of halogens is 1. The third kappa shape index (κ3) is 3.01. The van der Waals surface area contributed by atoms with Crippen LogP contribution in [0.4, 0.5) is 5.95 Å². The lowest BCUT2D eigenvalue weighted by Crippen LogP contribution is -2.45. The van der Waals surface area contributed by atoms with Crippen LogP contribution in [0.15, 0.2) is 34.1 Å². The van der Waals surface area contributed by atoms with Gasteiger partial charge in [-0.15, -0.1) is 0 Å². The topological polar surface area (TPSA) is 110 Å². The summed E-state index contributed by atoms with van der Waals surface area (Å²) < 4.78 is 2.78. The molecule has 142 valence electrons. The molecule has 0 N–H and O–H groups in total. The Bertz CT molecular complexity index is 1200. The molecule has 0 amide bonds. The van der Waals surface area contributed by atoms with E-state index < -0.39 is 11.1 Å². The van der Waals surface area contributed by atoms with Crippen molar-refractivity contribution in [2.75, 3.05) is 18.0 Å². The van der Waals surface area contributed by atoms with Gasteiger partial charge in [-0.25, -0.2) is 15.0 Å². The fourth-order valence-electron chi connectivity index (χ4n) is 3.51. The molecule has 1 aliphatic rings. The van der Waals surface area contributed by atoms with E-state index in [2.05, 4.69) is 15.0 Å². The van der Waals surface area contributed by atoms with E-state index in [-0.39, 0.29) is 11.2 Å². The van der Waals surface area contributed by atoms with Crippen molar-refractivity contribution in [2.24, 2.45) is 7.05 Å². The van der Waals surface area contributed by atoms with Crippen LogP contribution in [0.1, 0.15) is 24.4 Å². The summed E-state index contributed by atoms with van der Waals surface area (Å²) in [6.45, 7) is 1.22. The Kier molecular flexibility index (Phi) is 4.57. The highest BCUT2D eigenvalue weighted by Gasteiger charge is 2.26. The Morgan fingerprint density at radius 3 is 2.46 bits per heavy atom. The lowest BCUT2D eigenvalue weighted by molar-refractivity contribution is 0.389. The Labute approximate surface area is 164 Å². The first-order valence-corrected chi connectivity index (χ1v) is 9.12. The first-order chi connectivity index (χ1) is 13.5. The van der Waals surface area contributed by atoms with Crippen molar-refractivity contribution in [3.8, 4) is 6.07 Å². The number of hydrogen-bond donors (Lipinski definition) is 0. The number of nitrogens with zero attached hydrogens (tertiary/aromatic N) is 7. The molecule has 4 heterocycles. The number of aryl methyl sites for hydroxylation is 1. The average molecular weight is 398 g/mol. The highest BCUT2D eigenvalue weighted by Crippen LogP contribution is 2.26. The summed E-state index contributed by atoms with van der Waals surface area (Å²) in [5, 5.41) is 9.12. The fraction of sp³-hybridized carbons (Fsp3) is 0.333. The summed E-state index contributed by atoms with van der Waals surface area (Å²) >= 11 is 6.04. The monoisotopic (exact) mass is 397 g/mol. The van der Waals surface area contributed by atoms with E-state index in [9.17, 15) is 9.59 Å². The van der Waals surface area contributed by atoms with Crippen molar-refractivity contribution in [2.45, 2.75) is 18.9 Å². The minimum absolute atomic E-state index is 0.176. The molecule has 10 heteroatoms. The molecule has 9 nitrogen and oxygen atoms in total. The van der Waals surface area contributed by atoms with Crippen LogP contribution in [-0.4, -0.2) is 37.2 Å². The van der Waals surface area contributed by atoms with Crippen LogP contribution in [0.25, 0.3) is 11.2 Å². The first-order valence-electron chi connectivity index (χ1n) is 8.74. The molecule has 0 saturated carbocycles. The van der Waals surface area contributed by atoms with E-state index in [1.54, 1.807) is 19.2 Å². The third-order valence-corrected chi connectivity index (χ3v) is 5.21. The average Bonchev–Trinajstić information content (AvgIpc) is 2.73. The predicted molar refractivity (Wildman–Crippen MR) is 103 cm³/mol. The molecule has 3 aromatic rings. The van der Waals surface area contributed by atoms with E-state index in [4.69, 9.17) is 16.9 Å². The molecule has 0 atom stereocenters. The second-order valence-electron chi connectivity index (χ2n) is 6.62. The Balaban J connectivity index is 1.67. The van der Waals surface area contributed by atoms with Gasteiger partial charge in [-0.1, -0.05) is 11.6 Å². The number of fused-ring (bicyclic) bond motifs is 1. The predicted octanol–water partition coefficient (Wildman–Crippen LogP) is 1.25. The molecule has 28 heavy (non-hydrogen) atoms. The molecule has 3 aromatic heterocycles. The van der Waals surface area contributed by atoms with Gasteiger partial charge < -0.3 is 9.47 Å². The summed E-state index contributed by atoms with van der Waals surface area (Å²) in [6, 6.07) is 5.11. The van der Waals surface area contributed by atoms with Crippen molar-refractivity contribution in [1.29, 1.82) is 5.26 Å². The van der Waals surface area contributed by atoms with Gasteiger partial charge in [-0.2, -0.15) is 5.26 Å². The number of piperidine rings is 1. The molecule has 0 radical (unpaired) electrons. The molecule has 0 aliphatic carbocycles. The molecule has 1 fully saturated rings. The largest absolute Gasteiger partial charge is 0.341 e. The molecule has 1 aliphatic heterocycles. The normalized spacial score (nSPS) is 15.0. The van der Waals surface area contributed by atoms with E-state index in [0.29, 0.717) is 48.6 Å². The van der Waals surface area contributed by atoms with Crippen molar-refractivity contribution in [1.82, 2.24) is 24.1 Å². The van der Waals surface area contributed by atoms with Crippen molar-refractivity contribution in [3.05, 3.63) is 56.0 Å². The van der Waals surface area contributed by atoms with Crippen LogP contribution in [0.5, 0.6) is 0 Å². The van der Waals surface area contributed by atoms with E-state index >= 15 is 0 Å². The fourth-order valence-corrected chi connectivity index (χ4v) is 3.66. The van der Waals surface area contributed by atoms with Gasteiger partial charge >= 0.3 is 11.1 Å². The van der Waals surface area contributed by atoms with Gasteiger partial charge in [-0.05, 0) is 25.0 Å². The third-order valence-electron chi connectivity index (χ3n) is 5.00.